The second-order valence-corrected chi connectivity index (χ2v) is 6.75. The van der Waals surface area contributed by atoms with Gasteiger partial charge in [-0.25, -0.2) is 13.6 Å². The number of primary sulfonamides is 1. The number of hydrogen-bond donors (Lipinski definition) is 1. The van der Waals surface area contributed by atoms with Crippen molar-refractivity contribution in [2.75, 3.05) is 20.2 Å². The van der Waals surface area contributed by atoms with Gasteiger partial charge in [0.15, 0.2) is 0 Å². The second-order valence-electron chi connectivity index (χ2n) is 5.22. The summed E-state index contributed by atoms with van der Waals surface area (Å²) < 4.78 is 28.5. The molecule has 0 aromatic heterocycles. The Hall–Kier alpha value is -1.60. The summed E-state index contributed by atoms with van der Waals surface area (Å²) in [5.41, 5.74) is 0.269. The van der Waals surface area contributed by atoms with Crippen LogP contribution in [0.25, 0.3) is 0 Å². The monoisotopic (exact) mass is 314 g/mol. The highest BCUT2D eigenvalue weighted by atomic mass is 32.2. The van der Waals surface area contributed by atoms with Gasteiger partial charge in [-0.1, -0.05) is 13.8 Å². The van der Waals surface area contributed by atoms with Crippen LogP contribution < -0.4 is 9.88 Å². The highest BCUT2D eigenvalue weighted by Gasteiger charge is 2.20. The van der Waals surface area contributed by atoms with E-state index in [1.807, 2.05) is 13.8 Å². The smallest absolute Gasteiger partial charge is 0.253 e. The Morgan fingerprint density at radius 3 is 2.48 bits per heavy atom. The second kappa shape index (κ2) is 6.91. The first-order valence-corrected chi connectivity index (χ1v) is 8.26. The van der Waals surface area contributed by atoms with Crippen molar-refractivity contribution in [3.8, 4) is 5.75 Å². The molecule has 2 N–H and O–H groups in total. The third kappa shape index (κ3) is 4.71. The number of hydrogen-bond acceptors (Lipinski definition) is 4. The van der Waals surface area contributed by atoms with Gasteiger partial charge in [0.05, 0.1) is 6.61 Å². The number of carbonyl (C=O) groups excluding carboxylic acids is 1. The summed E-state index contributed by atoms with van der Waals surface area (Å²) >= 11 is 0. The predicted molar refractivity (Wildman–Crippen MR) is 80.8 cm³/mol. The van der Waals surface area contributed by atoms with Crippen LogP contribution in [-0.2, 0) is 10.0 Å². The predicted octanol–water partition coefficient (Wildman–Crippen LogP) is 1.46. The molecule has 21 heavy (non-hydrogen) atoms. The molecule has 0 saturated carbocycles. The molecule has 0 atom stereocenters. The summed E-state index contributed by atoms with van der Waals surface area (Å²) in [4.78, 5) is 13.7. The fraction of sp³-hybridized carbons (Fsp3) is 0.500. The quantitative estimate of drug-likeness (QED) is 0.860. The molecule has 0 aliphatic heterocycles. The van der Waals surface area contributed by atoms with E-state index in [-0.39, 0.29) is 22.1 Å². The molecule has 0 radical (unpaired) electrons. The summed E-state index contributed by atoms with van der Waals surface area (Å²) in [5, 5.41) is 5.18. The van der Waals surface area contributed by atoms with Gasteiger partial charge in [0, 0.05) is 19.2 Å². The molecule has 6 nitrogen and oxygen atoms in total. The number of amides is 1. The fourth-order valence-electron chi connectivity index (χ4n) is 1.99. The van der Waals surface area contributed by atoms with Crippen molar-refractivity contribution in [2.45, 2.75) is 25.7 Å². The van der Waals surface area contributed by atoms with Crippen LogP contribution in [0.4, 0.5) is 0 Å². The molecule has 0 fully saturated rings. The molecule has 0 saturated heterocycles. The average molecular weight is 314 g/mol. The molecule has 1 aromatic rings. The molecule has 0 heterocycles. The molecule has 0 unspecified atom stereocenters. The molecule has 1 amide bonds. The lowest BCUT2D eigenvalue weighted by molar-refractivity contribution is 0.0779. The van der Waals surface area contributed by atoms with E-state index in [2.05, 4.69) is 0 Å². The molecule has 0 aliphatic rings. The third-order valence-electron chi connectivity index (χ3n) is 2.78. The molecular formula is C14H22N2O4S. The highest BCUT2D eigenvalue weighted by Crippen LogP contribution is 2.24. The van der Waals surface area contributed by atoms with Gasteiger partial charge in [0.2, 0.25) is 10.0 Å². The van der Waals surface area contributed by atoms with E-state index in [1.54, 1.807) is 24.9 Å². The zero-order valence-electron chi connectivity index (χ0n) is 12.8. The van der Waals surface area contributed by atoms with Crippen molar-refractivity contribution in [1.29, 1.82) is 0 Å². The van der Waals surface area contributed by atoms with Gasteiger partial charge in [0.1, 0.15) is 10.6 Å². The van der Waals surface area contributed by atoms with Gasteiger partial charge >= 0.3 is 0 Å². The van der Waals surface area contributed by atoms with Crippen LogP contribution in [0.2, 0.25) is 0 Å². The summed E-state index contributed by atoms with van der Waals surface area (Å²) in [6, 6.07) is 4.26. The van der Waals surface area contributed by atoms with Gasteiger partial charge < -0.3 is 9.64 Å². The maximum Gasteiger partial charge on any atom is 0.253 e. The van der Waals surface area contributed by atoms with E-state index in [1.165, 1.54) is 12.1 Å². The van der Waals surface area contributed by atoms with Crippen molar-refractivity contribution < 1.29 is 17.9 Å². The SMILES string of the molecule is CCOc1ccc(C(=O)N(C)CC(C)C)cc1S(N)(=O)=O. The van der Waals surface area contributed by atoms with Crippen molar-refractivity contribution in [3.63, 3.8) is 0 Å². The first-order valence-electron chi connectivity index (χ1n) is 6.72. The Morgan fingerprint density at radius 1 is 1.38 bits per heavy atom. The molecule has 118 valence electrons. The Bertz CT molecular complexity index is 611. The van der Waals surface area contributed by atoms with Crippen molar-refractivity contribution in [3.05, 3.63) is 23.8 Å². The van der Waals surface area contributed by atoms with Gasteiger partial charge in [0.25, 0.3) is 5.91 Å². The van der Waals surface area contributed by atoms with Crippen molar-refractivity contribution in [2.24, 2.45) is 11.1 Å². The zero-order valence-corrected chi connectivity index (χ0v) is 13.6. The van der Waals surface area contributed by atoms with E-state index < -0.39 is 10.0 Å². The lowest BCUT2D eigenvalue weighted by atomic mass is 10.1. The summed E-state index contributed by atoms with van der Waals surface area (Å²) in [5.74, 6) is 0.221. The lowest BCUT2D eigenvalue weighted by Crippen LogP contribution is -2.30. The molecule has 0 bridgehead atoms. The molecule has 1 aromatic carbocycles. The maximum absolute atomic E-state index is 12.3. The van der Waals surface area contributed by atoms with Crippen LogP contribution >= 0.6 is 0 Å². The Balaban J connectivity index is 3.19. The topological polar surface area (TPSA) is 89.7 Å². The number of nitrogens with zero attached hydrogens (tertiary/aromatic N) is 1. The molecule has 0 aliphatic carbocycles. The number of benzene rings is 1. The number of nitrogens with two attached hydrogens (primary N) is 1. The minimum absolute atomic E-state index is 0.156. The van der Waals surface area contributed by atoms with E-state index in [4.69, 9.17) is 9.88 Å². The first kappa shape index (κ1) is 17.5. The average Bonchev–Trinajstić information content (AvgIpc) is 2.36. The van der Waals surface area contributed by atoms with Crippen LogP contribution in [0.15, 0.2) is 23.1 Å². The Kier molecular flexibility index (Phi) is 5.74. The third-order valence-corrected chi connectivity index (χ3v) is 3.71. The normalized spacial score (nSPS) is 11.5. The van der Waals surface area contributed by atoms with Gasteiger partial charge in [-0.05, 0) is 31.0 Å². The molecular weight excluding hydrogens is 292 g/mol. The standard InChI is InChI=1S/C14H22N2O4S/c1-5-20-12-7-6-11(8-13(12)21(15,18)19)14(17)16(4)9-10(2)3/h6-8,10H,5,9H2,1-4H3,(H2,15,18,19). The minimum Gasteiger partial charge on any atom is -0.492 e. The van der Waals surface area contributed by atoms with E-state index in [0.717, 1.165) is 0 Å². The molecule has 7 heteroatoms. The summed E-state index contributed by atoms with van der Waals surface area (Å²) in [6.45, 7) is 6.62. The fourth-order valence-corrected chi connectivity index (χ4v) is 2.69. The zero-order chi connectivity index (χ0) is 16.2. The van der Waals surface area contributed by atoms with Gasteiger partial charge in [-0.2, -0.15) is 0 Å². The van der Waals surface area contributed by atoms with Crippen LogP contribution in [0.5, 0.6) is 5.75 Å². The maximum atomic E-state index is 12.3. The number of carbonyl (C=O) groups is 1. The molecule has 0 spiro atoms. The molecule has 1 rings (SSSR count). The lowest BCUT2D eigenvalue weighted by Gasteiger charge is -2.20. The van der Waals surface area contributed by atoms with Crippen molar-refractivity contribution >= 4 is 15.9 Å². The Labute approximate surface area is 125 Å². The first-order chi connectivity index (χ1) is 9.66. The summed E-state index contributed by atoms with van der Waals surface area (Å²) in [7, 11) is -2.28. The van der Waals surface area contributed by atoms with Crippen LogP contribution in [0, 0.1) is 5.92 Å². The number of ether oxygens (including phenoxy) is 1. The highest BCUT2D eigenvalue weighted by molar-refractivity contribution is 7.89. The van der Waals surface area contributed by atoms with Gasteiger partial charge in [-0.15, -0.1) is 0 Å². The Morgan fingerprint density at radius 2 is 2.00 bits per heavy atom. The van der Waals surface area contributed by atoms with Crippen molar-refractivity contribution in [1.82, 2.24) is 4.90 Å². The van der Waals surface area contributed by atoms with E-state index in [9.17, 15) is 13.2 Å². The van der Waals surface area contributed by atoms with Crippen LogP contribution in [0.1, 0.15) is 31.1 Å². The summed E-state index contributed by atoms with van der Waals surface area (Å²) in [6.07, 6.45) is 0. The minimum atomic E-state index is -3.96. The van der Waals surface area contributed by atoms with Crippen LogP contribution in [0.3, 0.4) is 0 Å². The van der Waals surface area contributed by atoms with Crippen LogP contribution in [-0.4, -0.2) is 39.4 Å². The van der Waals surface area contributed by atoms with E-state index in [0.29, 0.717) is 19.1 Å². The van der Waals surface area contributed by atoms with Gasteiger partial charge in [-0.3, -0.25) is 4.79 Å². The number of sulfonamides is 1. The number of rotatable bonds is 6. The largest absolute Gasteiger partial charge is 0.492 e. The van der Waals surface area contributed by atoms with E-state index >= 15 is 0 Å².